The van der Waals surface area contributed by atoms with Crippen molar-refractivity contribution in [2.75, 3.05) is 6.61 Å². The van der Waals surface area contributed by atoms with Crippen LogP contribution in [0.15, 0.2) is 0 Å². The Morgan fingerprint density at radius 3 is 2.67 bits per heavy atom. The summed E-state index contributed by atoms with van der Waals surface area (Å²) in [5.74, 6) is 0. The summed E-state index contributed by atoms with van der Waals surface area (Å²) < 4.78 is 5.30. The fourth-order valence-electron chi connectivity index (χ4n) is 1.03. The molecule has 54 valence electrons. The maximum absolute atomic E-state index is 8.64. The van der Waals surface area contributed by atoms with E-state index in [1.165, 1.54) is 0 Å². The molecule has 1 unspecified atom stereocenters. The minimum atomic E-state index is 0.0301. The molecule has 1 heterocycles. The summed E-state index contributed by atoms with van der Waals surface area (Å²) in [5.41, 5.74) is 0. The first-order valence-electron chi connectivity index (χ1n) is 3.18. The van der Waals surface area contributed by atoms with E-state index in [-0.39, 0.29) is 18.8 Å². The van der Waals surface area contributed by atoms with Crippen LogP contribution in [0.3, 0.4) is 0 Å². The zero-order chi connectivity index (χ0) is 6.85. The average molecular weight is 148 g/mol. The first kappa shape index (κ1) is 7.38. The first-order valence-corrected chi connectivity index (χ1v) is 3.70. The first-order chi connectivity index (χ1) is 4.24. The molecule has 0 radical (unpaired) electrons. The minimum absolute atomic E-state index is 0.0301. The predicted molar refractivity (Wildman–Crippen MR) is 38.8 cm³/mol. The van der Waals surface area contributed by atoms with Crippen molar-refractivity contribution in [1.29, 1.82) is 0 Å². The molecule has 1 rings (SSSR count). The number of hydrogen-bond donors (Lipinski definition) is 2. The molecule has 2 nitrogen and oxygen atoms in total. The number of ether oxygens (including phenoxy) is 1. The second-order valence-electron chi connectivity index (χ2n) is 2.45. The molecule has 0 saturated carbocycles. The summed E-state index contributed by atoms with van der Waals surface area (Å²) in [7, 11) is 0. The quantitative estimate of drug-likeness (QED) is 0.529. The van der Waals surface area contributed by atoms with Gasteiger partial charge in [0.25, 0.3) is 0 Å². The third kappa shape index (κ3) is 1.60. The average Bonchev–Trinajstić information content (AvgIpc) is 2.13. The maximum Gasteiger partial charge on any atom is 0.0821 e. The Morgan fingerprint density at radius 1 is 1.78 bits per heavy atom. The summed E-state index contributed by atoms with van der Waals surface area (Å²) in [6, 6.07) is 0. The molecule has 1 fully saturated rings. The van der Waals surface area contributed by atoms with Crippen LogP contribution >= 0.6 is 12.6 Å². The number of rotatable bonds is 1. The largest absolute Gasteiger partial charge is 0.394 e. The highest BCUT2D eigenvalue weighted by atomic mass is 32.1. The van der Waals surface area contributed by atoms with Gasteiger partial charge in [-0.1, -0.05) is 0 Å². The molecular formula is C6H12O2S. The Hall–Kier alpha value is 0.270. The van der Waals surface area contributed by atoms with E-state index in [1.807, 2.05) is 6.92 Å². The molecule has 0 aromatic carbocycles. The molecule has 0 amide bonds. The fraction of sp³-hybridized carbons (Fsp3) is 1.00. The van der Waals surface area contributed by atoms with Crippen LogP contribution in [-0.2, 0) is 4.74 Å². The molecule has 9 heavy (non-hydrogen) atoms. The van der Waals surface area contributed by atoms with Crippen LogP contribution in [0.1, 0.15) is 13.3 Å². The molecule has 1 aliphatic rings. The Bertz CT molecular complexity index is 87.1. The maximum atomic E-state index is 8.64. The highest BCUT2D eigenvalue weighted by molar-refractivity contribution is 7.81. The van der Waals surface area contributed by atoms with Gasteiger partial charge in [-0.15, -0.1) is 0 Å². The SMILES string of the molecule is C[C@@H]1O[C@H](CO)CC1S. The molecule has 0 aromatic heterocycles. The van der Waals surface area contributed by atoms with E-state index in [9.17, 15) is 0 Å². The summed E-state index contributed by atoms with van der Waals surface area (Å²) >= 11 is 4.26. The van der Waals surface area contributed by atoms with E-state index in [0.717, 1.165) is 6.42 Å². The van der Waals surface area contributed by atoms with Crippen molar-refractivity contribution in [3.8, 4) is 0 Å². The summed E-state index contributed by atoms with van der Waals surface area (Å²) in [5, 5.41) is 8.95. The predicted octanol–water partition coefficient (Wildman–Crippen LogP) is 0.454. The van der Waals surface area contributed by atoms with Crippen LogP contribution in [0, 0.1) is 0 Å². The fourth-order valence-corrected chi connectivity index (χ4v) is 1.33. The molecule has 3 atom stereocenters. The van der Waals surface area contributed by atoms with E-state index in [0.29, 0.717) is 5.25 Å². The van der Waals surface area contributed by atoms with E-state index in [4.69, 9.17) is 9.84 Å². The lowest BCUT2D eigenvalue weighted by atomic mass is 10.2. The van der Waals surface area contributed by atoms with Gasteiger partial charge in [-0.25, -0.2) is 0 Å². The molecule has 0 aliphatic carbocycles. The van der Waals surface area contributed by atoms with Gasteiger partial charge >= 0.3 is 0 Å². The molecule has 3 heteroatoms. The molecule has 1 saturated heterocycles. The Kier molecular flexibility index (Phi) is 2.38. The van der Waals surface area contributed by atoms with E-state index < -0.39 is 0 Å². The van der Waals surface area contributed by atoms with Gasteiger partial charge in [-0.2, -0.15) is 12.6 Å². The number of aliphatic hydroxyl groups is 1. The van der Waals surface area contributed by atoms with Crippen molar-refractivity contribution in [3.05, 3.63) is 0 Å². The van der Waals surface area contributed by atoms with Crippen LogP contribution in [0.2, 0.25) is 0 Å². The third-order valence-electron chi connectivity index (χ3n) is 1.66. The Morgan fingerprint density at radius 2 is 2.44 bits per heavy atom. The highest BCUT2D eigenvalue weighted by Crippen LogP contribution is 2.23. The summed E-state index contributed by atoms with van der Waals surface area (Å²) in [6.07, 6.45) is 1.11. The standard InChI is InChI=1S/C6H12O2S/c1-4-6(9)2-5(3-7)8-4/h4-7,9H,2-3H2,1H3/t4-,5-,6?/m0/s1. The second-order valence-corrected chi connectivity index (χ2v) is 3.11. The lowest BCUT2D eigenvalue weighted by molar-refractivity contribution is 0.0205. The van der Waals surface area contributed by atoms with Crippen molar-refractivity contribution >= 4 is 12.6 Å². The van der Waals surface area contributed by atoms with Crippen molar-refractivity contribution < 1.29 is 9.84 Å². The van der Waals surface area contributed by atoms with Crippen LogP contribution in [0.5, 0.6) is 0 Å². The van der Waals surface area contributed by atoms with E-state index in [2.05, 4.69) is 12.6 Å². The number of aliphatic hydroxyl groups excluding tert-OH is 1. The van der Waals surface area contributed by atoms with Crippen LogP contribution in [0.4, 0.5) is 0 Å². The van der Waals surface area contributed by atoms with Crippen molar-refractivity contribution in [1.82, 2.24) is 0 Å². The van der Waals surface area contributed by atoms with Gasteiger partial charge in [0.05, 0.1) is 18.8 Å². The van der Waals surface area contributed by atoms with Gasteiger partial charge in [0.1, 0.15) is 0 Å². The molecule has 1 aliphatic heterocycles. The second kappa shape index (κ2) is 2.90. The molecular weight excluding hydrogens is 136 g/mol. The molecule has 0 bridgehead atoms. The summed E-state index contributed by atoms with van der Waals surface area (Å²) in [6.45, 7) is 2.11. The van der Waals surface area contributed by atoms with Crippen molar-refractivity contribution in [3.63, 3.8) is 0 Å². The topological polar surface area (TPSA) is 29.5 Å². The lowest BCUT2D eigenvalue weighted by Crippen LogP contribution is -2.12. The van der Waals surface area contributed by atoms with Crippen molar-refractivity contribution in [2.24, 2.45) is 0 Å². The Balaban J connectivity index is 2.35. The molecule has 0 aromatic rings. The van der Waals surface area contributed by atoms with Gasteiger partial charge in [0.15, 0.2) is 0 Å². The zero-order valence-corrected chi connectivity index (χ0v) is 6.34. The summed E-state index contributed by atoms with van der Waals surface area (Å²) in [4.78, 5) is 0. The van der Waals surface area contributed by atoms with Gasteiger partial charge < -0.3 is 9.84 Å². The third-order valence-corrected chi connectivity index (χ3v) is 2.29. The van der Waals surface area contributed by atoms with E-state index in [1.54, 1.807) is 0 Å². The monoisotopic (exact) mass is 148 g/mol. The van der Waals surface area contributed by atoms with Gasteiger partial charge in [-0.05, 0) is 13.3 Å². The number of hydrogen-bond acceptors (Lipinski definition) is 3. The smallest absolute Gasteiger partial charge is 0.0821 e. The highest BCUT2D eigenvalue weighted by Gasteiger charge is 2.28. The number of thiol groups is 1. The van der Waals surface area contributed by atoms with Gasteiger partial charge in [-0.3, -0.25) is 0 Å². The van der Waals surface area contributed by atoms with Crippen molar-refractivity contribution in [2.45, 2.75) is 30.8 Å². The normalized spacial score (nSPS) is 43.7. The molecule has 1 N–H and O–H groups in total. The minimum Gasteiger partial charge on any atom is -0.394 e. The lowest BCUT2D eigenvalue weighted by Gasteiger charge is -2.06. The zero-order valence-electron chi connectivity index (χ0n) is 5.45. The Labute approximate surface area is 60.6 Å². The van der Waals surface area contributed by atoms with Crippen LogP contribution in [0.25, 0.3) is 0 Å². The van der Waals surface area contributed by atoms with Crippen LogP contribution in [-0.4, -0.2) is 29.2 Å². The van der Waals surface area contributed by atoms with E-state index >= 15 is 0 Å². The molecule has 0 spiro atoms. The van der Waals surface area contributed by atoms with Gasteiger partial charge in [0, 0.05) is 5.25 Å². The van der Waals surface area contributed by atoms with Gasteiger partial charge in [0.2, 0.25) is 0 Å². The van der Waals surface area contributed by atoms with Crippen LogP contribution < -0.4 is 0 Å².